The van der Waals surface area contributed by atoms with Gasteiger partial charge in [-0.2, -0.15) is 0 Å². The molecule has 104 valence electrons. The number of piperidine rings is 1. The minimum atomic E-state index is 0.0111. The van der Waals surface area contributed by atoms with Crippen LogP contribution in [0.25, 0.3) is 0 Å². The van der Waals surface area contributed by atoms with Crippen molar-refractivity contribution >= 4 is 23.4 Å². The van der Waals surface area contributed by atoms with E-state index in [9.17, 15) is 9.59 Å². The summed E-state index contributed by atoms with van der Waals surface area (Å²) >= 11 is 5.51. The summed E-state index contributed by atoms with van der Waals surface area (Å²) in [4.78, 5) is 25.2. The van der Waals surface area contributed by atoms with Gasteiger partial charge in [-0.05, 0) is 18.8 Å². The number of likely N-dealkylation sites (tertiary alicyclic amines) is 1. The second-order valence-electron chi connectivity index (χ2n) is 5.26. The lowest BCUT2D eigenvalue weighted by Gasteiger charge is -2.32. The van der Waals surface area contributed by atoms with E-state index in [1.54, 1.807) is 0 Å². The molecule has 0 bridgehead atoms. The highest BCUT2D eigenvalue weighted by atomic mass is 35.5. The Bertz CT molecular complexity index is 287. The lowest BCUT2D eigenvalue weighted by atomic mass is 10.0. The molecule has 0 saturated carbocycles. The summed E-state index contributed by atoms with van der Waals surface area (Å²) in [7, 11) is 0. The SMILES string of the molecule is CC(C)CC(=O)N1CCC(NC(=O)CCCl)CC1. The van der Waals surface area contributed by atoms with Crippen LogP contribution >= 0.6 is 11.6 Å². The second kappa shape index (κ2) is 7.62. The summed E-state index contributed by atoms with van der Waals surface area (Å²) in [6.45, 7) is 5.60. The highest BCUT2D eigenvalue weighted by Gasteiger charge is 2.23. The van der Waals surface area contributed by atoms with E-state index in [-0.39, 0.29) is 17.9 Å². The number of hydrogen-bond acceptors (Lipinski definition) is 2. The van der Waals surface area contributed by atoms with Crippen LogP contribution in [-0.2, 0) is 9.59 Å². The molecule has 1 fully saturated rings. The molecule has 0 aliphatic carbocycles. The van der Waals surface area contributed by atoms with Gasteiger partial charge in [-0.25, -0.2) is 0 Å². The van der Waals surface area contributed by atoms with E-state index < -0.39 is 0 Å². The van der Waals surface area contributed by atoms with Crippen LogP contribution < -0.4 is 5.32 Å². The van der Waals surface area contributed by atoms with Gasteiger partial charge in [0.05, 0.1) is 0 Å². The molecular weight excluding hydrogens is 252 g/mol. The van der Waals surface area contributed by atoms with Gasteiger partial charge < -0.3 is 10.2 Å². The van der Waals surface area contributed by atoms with Crippen molar-refractivity contribution in [1.29, 1.82) is 0 Å². The number of nitrogens with zero attached hydrogens (tertiary/aromatic N) is 1. The number of nitrogens with one attached hydrogen (secondary N) is 1. The number of amides is 2. The standard InChI is InChI=1S/C13H23ClN2O2/c1-10(2)9-13(18)16-7-4-11(5-8-16)15-12(17)3-6-14/h10-11H,3-9H2,1-2H3,(H,15,17). The van der Waals surface area contributed by atoms with Gasteiger partial charge in [0.25, 0.3) is 0 Å². The van der Waals surface area contributed by atoms with Crippen LogP contribution in [0.2, 0.25) is 0 Å². The normalized spacial score (nSPS) is 17.0. The van der Waals surface area contributed by atoms with Crippen LogP contribution in [-0.4, -0.2) is 41.7 Å². The third-order valence-corrected chi connectivity index (χ3v) is 3.31. The van der Waals surface area contributed by atoms with Gasteiger partial charge in [0.2, 0.25) is 11.8 Å². The molecule has 5 heteroatoms. The Morgan fingerprint density at radius 2 is 1.94 bits per heavy atom. The van der Waals surface area contributed by atoms with Crippen molar-refractivity contribution in [3.63, 3.8) is 0 Å². The molecule has 0 atom stereocenters. The van der Waals surface area contributed by atoms with E-state index in [1.807, 2.05) is 4.90 Å². The first-order chi connectivity index (χ1) is 8.52. The minimum Gasteiger partial charge on any atom is -0.353 e. The summed E-state index contributed by atoms with van der Waals surface area (Å²) in [5.41, 5.74) is 0. The zero-order valence-electron chi connectivity index (χ0n) is 11.2. The monoisotopic (exact) mass is 274 g/mol. The Hall–Kier alpha value is -0.770. The Balaban J connectivity index is 2.28. The topological polar surface area (TPSA) is 49.4 Å². The molecule has 18 heavy (non-hydrogen) atoms. The summed E-state index contributed by atoms with van der Waals surface area (Å²) in [5, 5.41) is 2.96. The Kier molecular flexibility index (Phi) is 6.47. The summed E-state index contributed by atoms with van der Waals surface area (Å²) in [5.74, 6) is 1.00. The first-order valence-electron chi connectivity index (χ1n) is 6.66. The van der Waals surface area contributed by atoms with Crippen LogP contribution in [0.15, 0.2) is 0 Å². The van der Waals surface area contributed by atoms with Gasteiger partial charge in [-0.1, -0.05) is 13.8 Å². The molecule has 1 rings (SSSR count). The van der Waals surface area contributed by atoms with Gasteiger partial charge in [0.1, 0.15) is 0 Å². The molecular formula is C13H23ClN2O2. The molecule has 0 unspecified atom stereocenters. The average Bonchev–Trinajstić information content (AvgIpc) is 2.29. The Morgan fingerprint density at radius 1 is 1.33 bits per heavy atom. The van der Waals surface area contributed by atoms with Gasteiger partial charge >= 0.3 is 0 Å². The summed E-state index contributed by atoms with van der Waals surface area (Å²) in [6, 6.07) is 0.198. The number of carbonyl (C=O) groups excluding carboxylic acids is 2. The number of carbonyl (C=O) groups is 2. The van der Waals surface area contributed by atoms with Gasteiger partial charge in [0.15, 0.2) is 0 Å². The van der Waals surface area contributed by atoms with Crippen LogP contribution in [0.3, 0.4) is 0 Å². The highest BCUT2D eigenvalue weighted by molar-refractivity contribution is 6.18. The maximum absolute atomic E-state index is 11.9. The predicted octanol–water partition coefficient (Wildman–Crippen LogP) is 1.77. The largest absolute Gasteiger partial charge is 0.353 e. The lowest BCUT2D eigenvalue weighted by molar-refractivity contribution is -0.133. The van der Waals surface area contributed by atoms with Crippen LogP contribution in [0.5, 0.6) is 0 Å². The third kappa shape index (κ3) is 5.25. The predicted molar refractivity (Wildman–Crippen MR) is 72.5 cm³/mol. The van der Waals surface area contributed by atoms with E-state index >= 15 is 0 Å². The smallest absolute Gasteiger partial charge is 0.222 e. The minimum absolute atomic E-state index is 0.0111. The van der Waals surface area contributed by atoms with Crippen LogP contribution in [0.1, 0.15) is 39.5 Å². The molecule has 1 aliphatic rings. The maximum atomic E-state index is 11.9. The maximum Gasteiger partial charge on any atom is 0.222 e. The van der Waals surface area contributed by atoms with Crippen molar-refractivity contribution in [2.24, 2.45) is 5.92 Å². The number of alkyl halides is 1. The van der Waals surface area contributed by atoms with Crippen LogP contribution in [0, 0.1) is 5.92 Å². The second-order valence-corrected chi connectivity index (χ2v) is 5.64. The molecule has 0 spiro atoms. The van der Waals surface area contributed by atoms with Crippen molar-refractivity contribution in [1.82, 2.24) is 10.2 Å². The van der Waals surface area contributed by atoms with E-state index in [0.29, 0.717) is 24.6 Å². The fraction of sp³-hybridized carbons (Fsp3) is 0.846. The summed E-state index contributed by atoms with van der Waals surface area (Å²) in [6.07, 6.45) is 2.67. The first-order valence-corrected chi connectivity index (χ1v) is 7.19. The molecule has 0 aromatic rings. The fourth-order valence-electron chi connectivity index (χ4n) is 2.14. The van der Waals surface area contributed by atoms with Crippen LogP contribution in [0.4, 0.5) is 0 Å². The zero-order valence-corrected chi connectivity index (χ0v) is 12.0. The molecule has 2 amide bonds. The van der Waals surface area contributed by atoms with E-state index in [0.717, 1.165) is 25.9 Å². The van der Waals surface area contributed by atoms with Crippen molar-refractivity contribution < 1.29 is 9.59 Å². The van der Waals surface area contributed by atoms with Crippen molar-refractivity contribution in [3.8, 4) is 0 Å². The Morgan fingerprint density at radius 3 is 2.44 bits per heavy atom. The molecule has 0 aromatic heterocycles. The van der Waals surface area contributed by atoms with Gasteiger partial charge in [0, 0.05) is 37.9 Å². The molecule has 0 aromatic carbocycles. The number of hydrogen-bond donors (Lipinski definition) is 1. The number of rotatable bonds is 5. The van der Waals surface area contributed by atoms with E-state index in [4.69, 9.17) is 11.6 Å². The molecule has 0 radical (unpaired) electrons. The third-order valence-electron chi connectivity index (χ3n) is 3.12. The fourth-order valence-corrected chi connectivity index (χ4v) is 2.31. The van der Waals surface area contributed by atoms with Gasteiger partial charge in [-0.15, -0.1) is 11.6 Å². The molecule has 1 N–H and O–H groups in total. The number of halogens is 1. The molecule has 4 nitrogen and oxygen atoms in total. The highest BCUT2D eigenvalue weighted by Crippen LogP contribution is 2.13. The molecule has 1 aliphatic heterocycles. The summed E-state index contributed by atoms with van der Waals surface area (Å²) < 4.78 is 0. The quantitative estimate of drug-likeness (QED) is 0.777. The zero-order chi connectivity index (χ0) is 13.5. The van der Waals surface area contributed by atoms with Crippen molar-refractivity contribution in [3.05, 3.63) is 0 Å². The van der Waals surface area contributed by atoms with E-state index in [2.05, 4.69) is 19.2 Å². The van der Waals surface area contributed by atoms with Crippen molar-refractivity contribution in [2.75, 3.05) is 19.0 Å². The molecule has 1 heterocycles. The average molecular weight is 275 g/mol. The molecule has 1 saturated heterocycles. The Labute approximate surface area is 114 Å². The van der Waals surface area contributed by atoms with Crippen molar-refractivity contribution in [2.45, 2.75) is 45.6 Å². The lowest BCUT2D eigenvalue weighted by Crippen LogP contribution is -2.46. The first kappa shape index (κ1) is 15.3. The van der Waals surface area contributed by atoms with Gasteiger partial charge in [-0.3, -0.25) is 9.59 Å². The van der Waals surface area contributed by atoms with E-state index in [1.165, 1.54) is 0 Å².